The van der Waals surface area contributed by atoms with Gasteiger partial charge in [0.25, 0.3) is 0 Å². The first-order chi connectivity index (χ1) is 8.72. The van der Waals surface area contributed by atoms with Gasteiger partial charge in [0.05, 0.1) is 10.7 Å². The Labute approximate surface area is 120 Å². The van der Waals surface area contributed by atoms with Gasteiger partial charge in [-0.2, -0.15) is 16.9 Å². The fourth-order valence-electron chi connectivity index (χ4n) is 2.09. The summed E-state index contributed by atoms with van der Waals surface area (Å²) in [6.07, 6.45) is 3.25. The highest BCUT2D eigenvalue weighted by Gasteiger charge is 2.22. The Morgan fingerprint density at radius 2 is 2.56 bits per heavy atom. The fraction of sp³-hybridized carbons (Fsp3) is 0.667. The molecule has 6 heteroatoms. The van der Waals surface area contributed by atoms with Crippen molar-refractivity contribution in [1.82, 2.24) is 15.1 Å². The normalized spacial score (nSPS) is 20.0. The number of rotatable bonds is 5. The van der Waals surface area contributed by atoms with Crippen LogP contribution in [-0.4, -0.2) is 39.7 Å². The van der Waals surface area contributed by atoms with Gasteiger partial charge in [0.15, 0.2) is 5.78 Å². The molecule has 0 aromatic carbocycles. The lowest BCUT2D eigenvalue weighted by Gasteiger charge is -2.22. The van der Waals surface area contributed by atoms with Gasteiger partial charge >= 0.3 is 0 Å². The van der Waals surface area contributed by atoms with Crippen LogP contribution in [0.3, 0.4) is 0 Å². The highest BCUT2D eigenvalue weighted by Crippen LogP contribution is 2.20. The number of carbonyl (C=O) groups is 1. The van der Waals surface area contributed by atoms with Crippen LogP contribution in [-0.2, 0) is 6.54 Å². The molecule has 1 N–H and O–H groups in total. The second-order valence-corrected chi connectivity index (χ2v) is 6.42. The number of halogens is 1. The topological polar surface area (TPSA) is 46.9 Å². The summed E-state index contributed by atoms with van der Waals surface area (Å²) in [6.45, 7) is 3.88. The van der Waals surface area contributed by atoms with Crippen molar-refractivity contribution in [2.45, 2.75) is 32.4 Å². The average Bonchev–Trinajstić information content (AvgIpc) is 2.72. The minimum Gasteiger partial charge on any atom is -0.312 e. The van der Waals surface area contributed by atoms with Crippen molar-refractivity contribution in [1.29, 1.82) is 0 Å². The number of aryl methyl sites for hydroxylation is 1. The molecule has 1 aliphatic rings. The molecule has 1 atom stereocenters. The van der Waals surface area contributed by atoms with E-state index in [2.05, 4.69) is 33.3 Å². The average molecular weight is 332 g/mol. The quantitative estimate of drug-likeness (QED) is 0.841. The first kappa shape index (κ1) is 14.1. The van der Waals surface area contributed by atoms with Crippen LogP contribution in [0.15, 0.2) is 10.7 Å². The summed E-state index contributed by atoms with van der Waals surface area (Å²) < 4.78 is 2.62. The van der Waals surface area contributed by atoms with Crippen LogP contribution in [0, 0.1) is 0 Å². The molecule has 0 bridgehead atoms. The number of Topliss-reactive ketones (excluding diaryl/α,β-unsaturated/α-hetero) is 1. The van der Waals surface area contributed by atoms with E-state index < -0.39 is 0 Å². The van der Waals surface area contributed by atoms with Crippen LogP contribution in [0.5, 0.6) is 0 Å². The van der Waals surface area contributed by atoms with Crippen molar-refractivity contribution < 1.29 is 4.79 Å². The Morgan fingerprint density at radius 3 is 3.22 bits per heavy atom. The summed E-state index contributed by atoms with van der Waals surface area (Å²) in [4.78, 5) is 12.4. The van der Waals surface area contributed by atoms with Crippen LogP contribution in [0.2, 0.25) is 0 Å². The third-order valence-electron chi connectivity index (χ3n) is 2.92. The molecule has 1 fully saturated rings. The SMILES string of the molecule is CCCn1ncc(Br)c1C(=O)CC1CSCCN1. The first-order valence-electron chi connectivity index (χ1n) is 6.28. The highest BCUT2D eigenvalue weighted by molar-refractivity contribution is 9.10. The third kappa shape index (κ3) is 3.36. The summed E-state index contributed by atoms with van der Waals surface area (Å²) in [5.74, 6) is 2.33. The molecule has 1 aromatic rings. The van der Waals surface area contributed by atoms with Crippen LogP contribution in [0.25, 0.3) is 0 Å². The van der Waals surface area contributed by atoms with Crippen molar-refractivity contribution >= 4 is 33.5 Å². The van der Waals surface area contributed by atoms with Gasteiger partial charge in [-0.15, -0.1) is 0 Å². The van der Waals surface area contributed by atoms with E-state index in [1.54, 1.807) is 6.20 Å². The van der Waals surface area contributed by atoms with Gasteiger partial charge in [-0.3, -0.25) is 9.48 Å². The molecule has 100 valence electrons. The molecule has 0 radical (unpaired) electrons. The number of hydrogen-bond donors (Lipinski definition) is 1. The Bertz CT molecular complexity index is 415. The molecule has 1 aliphatic heterocycles. The molecule has 4 nitrogen and oxygen atoms in total. The molecule has 2 rings (SSSR count). The number of thioether (sulfide) groups is 1. The van der Waals surface area contributed by atoms with Crippen LogP contribution in [0.1, 0.15) is 30.3 Å². The van der Waals surface area contributed by atoms with Gasteiger partial charge in [0.1, 0.15) is 5.69 Å². The summed E-state index contributed by atoms with van der Waals surface area (Å²) in [6, 6.07) is 0.299. The number of hydrogen-bond acceptors (Lipinski definition) is 4. The number of nitrogens with zero attached hydrogens (tertiary/aromatic N) is 2. The molecule has 0 amide bonds. The maximum atomic E-state index is 12.4. The molecule has 1 aromatic heterocycles. The van der Waals surface area contributed by atoms with Crippen LogP contribution in [0.4, 0.5) is 0 Å². The molecule has 1 unspecified atom stereocenters. The van der Waals surface area contributed by atoms with Gasteiger partial charge in [-0.05, 0) is 22.4 Å². The number of carbonyl (C=O) groups excluding carboxylic acids is 1. The zero-order valence-corrected chi connectivity index (χ0v) is 12.9. The maximum absolute atomic E-state index is 12.4. The largest absolute Gasteiger partial charge is 0.312 e. The standard InChI is InChI=1S/C12H18BrN3OS/c1-2-4-16-12(10(13)7-15-16)11(17)6-9-8-18-5-3-14-9/h7,9,14H,2-6,8H2,1H3. The molecule has 0 aliphatic carbocycles. The second-order valence-electron chi connectivity index (χ2n) is 4.42. The van der Waals surface area contributed by atoms with Gasteiger partial charge < -0.3 is 5.32 Å². The van der Waals surface area contributed by atoms with E-state index in [9.17, 15) is 4.79 Å². The van der Waals surface area contributed by atoms with E-state index in [0.717, 1.165) is 35.5 Å². The van der Waals surface area contributed by atoms with Gasteiger partial charge in [-0.1, -0.05) is 6.92 Å². The lowest BCUT2D eigenvalue weighted by molar-refractivity contribution is 0.0960. The zero-order chi connectivity index (χ0) is 13.0. The summed E-state index contributed by atoms with van der Waals surface area (Å²) in [7, 11) is 0. The molecule has 2 heterocycles. The van der Waals surface area contributed by atoms with E-state index in [1.165, 1.54) is 0 Å². The maximum Gasteiger partial charge on any atom is 0.183 e. The van der Waals surface area contributed by atoms with E-state index in [4.69, 9.17) is 0 Å². The van der Waals surface area contributed by atoms with E-state index in [-0.39, 0.29) is 5.78 Å². The highest BCUT2D eigenvalue weighted by atomic mass is 79.9. The van der Waals surface area contributed by atoms with Crippen molar-refractivity contribution in [2.75, 3.05) is 18.1 Å². The monoisotopic (exact) mass is 331 g/mol. The Balaban J connectivity index is 2.05. The molecular formula is C12H18BrN3OS. The predicted octanol–water partition coefficient (Wildman–Crippen LogP) is 2.33. The minimum atomic E-state index is 0.174. The van der Waals surface area contributed by atoms with Crippen molar-refractivity contribution in [2.24, 2.45) is 0 Å². The molecule has 0 spiro atoms. The third-order valence-corrected chi connectivity index (χ3v) is 4.64. The van der Waals surface area contributed by atoms with E-state index >= 15 is 0 Å². The second kappa shape index (κ2) is 6.73. The van der Waals surface area contributed by atoms with Gasteiger partial charge in [0.2, 0.25) is 0 Å². The van der Waals surface area contributed by atoms with Gasteiger partial charge in [0, 0.05) is 37.1 Å². The first-order valence-corrected chi connectivity index (χ1v) is 8.22. The Kier molecular flexibility index (Phi) is 5.26. The molecule has 1 saturated heterocycles. The zero-order valence-electron chi connectivity index (χ0n) is 10.5. The fourth-order valence-corrected chi connectivity index (χ4v) is 3.56. The number of aromatic nitrogens is 2. The Hall–Kier alpha value is -0.330. The molecule has 0 saturated carbocycles. The predicted molar refractivity (Wildman–Crippen MR) is 78.3 cm³/mol. The minimum absolute atomic E-state index is 0.174. The van der Waals surface area contributed by atoms with E-state index in [0.29, 0.717) is 18.2 Å². The van der Waals surface area contributed by atoms with E-state index in [1.807, 2.05) is 16.4 Å². The van der Waals surface area contributed by atoms with Crippen molar-refractivity contribution in [3.05, 3.63) is 16.4 Å². The smallest absolute Gasteiger partial charge is 0.183 e. The van der Waals surface area contributed by atoms with Crippen molar-refractivity contribution in [3.63, 3.8) is 0 Å². The molecule has 18 heavy (non-hydrogen) atoms. The lowest BCUT2D eigenvalue weighted by Crippen LogP contribution is -2.39. The molecular weight excluding hydrogens is 314 g/mol. The summed E-state index contributed by atoms with van der Waals surface area (Å²) in [5.41, 5.74) is 0.717. The van der Waals surface area contributed by atoms with Crippen LogP contribution < -0.4 is 5.32 Å². The number of nitrogens with one attached hydrogen (secondary N) is 1. The van der Waals surface area contributed by atoms with Crippen LogP contribution >= 0.6 is 27.7 Å². The lowest BCUT2D eigenvalue weighted by atomic mass is 10.1. The number of ketones is 1. The van der Waals surface area contributed by atoms with Crippen molar-refractivity contribution in [3.8, 4) is 0 Å². The summed E-state index contributed by atoms with van der Waals surface area (Å²) in [5, 5.41) is 7.64. The van der Waals surface area contributed by atoms with Gasteiger partial charge in [-0.25, -0.2) is 0 Å². The summed E-state index contributed by atoms with van der Waals surface area (Å²) >= 11 is 5.33. The Morgan fingerprint density at radius 1 is 1.72 bits per heavy atom.